The lowest BCUT2D eigenvalue weighted by atomic mass is 10.1. The van der Waals surface area contributed by atoms with Crippen LogP contribution in [0.15, 0.2) is 18.2 Å². The van der Waals surface area contributed by atoms with E-state index in [1.165, 1.54) is 18.3 Å². The van der Waals surface area contributed by atoms with Crippen LogP contribution in [0.4, 0.5) is 4.39 Å². The Kier molecular flexibility index (Phi) is 2.00. The standard InChI is InChI=1S/C10H5FNO3/c11-6-2-1-5-4-12-9(13)8(10(14)15)7(5)3-6/h1-4H,(H,14,15). The van der Waals surface area contributed by atoms with Crippen molar-refractivity contribution in [1.29, 1.82) is 0 Å². The van der Waals surface area contributed by atoms with E-state index in [1.54, 1.807) is 0 Å². The summed E-state index contributed by atoms with van der Waals surface area (Å²) < 4.78 is 12.9. The Morgan fingerprint density at radius 3 is 2.80 bits per heavy atom. The molecule has 0 spiro atoms. The van der Waals surface area contributed by atoms with E-state index < -0.39 is 23.3 Å². The number of carbonyl (C=O) groups excluding carboxylic acids is 1. The smallest absolute Gasteiger partial charge is 0.342 e. The van der Waals surface area contributed by atoms with E-state index in [9.17, 15) is 14.0 Å². The monoisotopic (exact) mass is 206 g/mol. The molecule has 1 aromatic carbocycles. The normalized spacial score (nSPS) is 13.9. The minimum atomic E-state index is -1.40. The number of halogens is 1. The van der Waals surface area contributed by atoms with Gasteiger partial charge in [-0.3, -0.25) is 4.79 Å². The summed E-state index contributed by atoms with van der Waals surface area (Å²) in [6.45, 7) is 0. The Morgan fingerprint density at radius 2 is 2.13 bits per heavy atom. The van der Waals surface area contributed by atoms with Crippen LogP contribution in [-0.4, -0.2) is 17.0 Å². The molecule has 0 bridgehead atoms. The largest absolute Gasteiger partial charge is 0.477 e. The van der Waals surface area contributed by atoms with Gasteiger partial charge in [-0.15, -0.1) is 0 Å². The highest BCUT2D eigenvalue weighted by atomic mass is 19.1. The van der Waals surface area contributed by atoms with Crippen LogP contribution in [-0.2, 0) is 9.59 Å². The molecule has 1 N–H and O–H groups in total. The molecule has 1 aliphatic heterocycles. The molecule has 0 saturated carbocycles. The van der Waals surface area contributed by atoms with Gasteiger partial charge in [0.25, 0.3) is 5.91 Å². The molecule has 4 nitrogen and oxygen atoms in total. The first-order valence-corrected chi connectivity index (χ1v) is 4.08. The molecular weight excluding hydrogens is 201 g/mol. The van der Waals surface area contributed by atoms with Crippen LogP contribution in [0.3, 0.4) is 0 Å². The van der Waals surface area contributed by atoms with Crippen LogP contribution in [0.1, 0.15) is 0 Å². The molecule has 0 aromatic heterocycles. The molecular formula is C10H5FNO3. The summed E-state index contributed by atoms with van der Waals surface area (Å²) in [5.41, 5.74) is -0.494. The van der Waals surface area contributed by atoms with Gasteiger partial charge in [0.15, 0.2) is 0 Å². The number of hydrogen-bond acceptors (Lipinski definition) is 2. The number of aliphatic carboxylic acids is 1. The zero-order valence-electron chi connectivity index (χ0n) is 7.40. The summed E-state index contributed by atoms with van der Waals surface area (Å²) in [6, 6.07) is 3.57. The van der Waals surface area contributed by atoms with Crippen molar-refractivity contribution in [2.24, 2.45) is 0 Å². The van der Waals surface area contributed by atoms with Crippen molar-refractivity contribution in [3.63, 3.8) is 0 Å². The first-order chi connectivity index (χ1) is 7.09. The molecule has 1 radical (unpaired) electrons. The molecule has 0 unspecified atom stereocenters. The third-order valence-corrected chi connectivity index (χ3v) is 2.03. The van der Waals surface area contributed by atoms with Gasteiger partial charge in [0.05, 0.1) is 0 Å². The molecule has 0 atom stereocenters. The predicted molar refractivity (Wildman–Crippen MR) is 48.3 cm³/mol. The number of amides is 1. The third-order valence-electron chi connectivity index (χ3n) is 2.03. The van der Waals surface area contributed by atoms with Crippen molar-refractivity contribution in [2.75, 3.05) is 0 Å². The first-order valence-electron chi connectivity index (χ1n) is 4.08. The number of fused-ring (bicyclic) bond motifs is 1. The molecule has 1 aromatic rings. The summed E-state index contributed by atoms with van der Waals surface area (Å²) in [7, 11) is 0. The van der Waals surface area contributed by atoms with Crippen LogP contribution >= 0.6 is 0 Å². The van der Waals surface area contributed by atoms with E-state index in [0.717, 1.165) is 6.07 Å². The van der Waals surface area contributed by atoms with Crippen LogP contribution in [0.25, 0.3) is 11.8 Å². The molecule has 0 fully saturated rings. The van der Waals surface area contributed by atoms with Gasteiger partial charge in [-0.05, 0) is 18.2 Å². The molecule has 1 amide bonds. The summed E-state index contributed by atoms with van der Waals surface area (Å²) in [6.07, 6.45) is 1.23. The SMILES string of the molecule is O=C(O)C1=c2cc(F)ccc2=C[N]C1=O. The average Bonchev–Trinajstić information content (AvgIpc) is 2.16. The van der Waals surface area contributed by atoms with E-state index in [2.05, 4.69) is 5.32 Å². The summed E-state index contributed by atoms with van der Waals surface area (Å²) in [4.78, 5) is 22.0. The second-order valence-electron chi connectivity index (χ2n) is 2.98. The van der Waals surface area contributed by atoms with Crippen LogP contribution < -0.4 is 15.8 Å². The van der Waals surface area contributed by atoms with Gasteiger partial charge in [0.1, 0.15) is 11.4 Å². The Morgan fingerprint density at radius 1 is 1.40 bits per heavy atom. The Hall–Kier alpha value is -2.17. The molecule has 0 saturated heterocycles. The number of nitrogens with zero attached hydrogens (tertiary/aromatic N) is 1. The predicted octanol–water partition coefficient (Wildman–Crippen LogP) is -1.06. The second-order valence-corrected chi connectivity index (χ2v) is 2.98. The topological polar surface area (TPSA) is 68.5 Å². The molecule has 5 heteroatoms. The van der Waals surface area contributed by atoms with Crippen LogP contribution in [0, 0.1) is 5.82 Å². The Labute approximate surface area is 83.3 Å². The molecule has 0 aliphatic carbocycles. The van der Waals surface area contributed by atoms with Gasteiger partial charge in [0, 0.05) is 16.6 Å². The maximum absolute atomic E-state index is 12.9. The lowest BCUT2D eigenvalue weighted by molar-refractivity contribution is -0.132. The van der Waals surface area contributed by atoms with Crippen LogP contribution in [0.2, 0.25) is 0 Å². The number of benzene rings is 1. The number of rotatable bonds is 1. The summed E-state index contributed by atoms with van der Waals surface area (Å²) >= 11 is 0. The van der Waals surface area contributed by atoms with Gasteiger partial charge in [0.2, 0.25) is 0 Å². The fourth-order valence-corrected chi connectivity index (χ4v) is 1.37. The molecule has 2 rings (SSSR count). The van der Waals surface area contributed by atoms with Crippen molar-refractivity contribution < 1.29 is 19.1 Å². The minimum Gasteiger partial charge on any atom is -0.477 e. The van der Waals surface area contributed by atoms with Gasteiger partial charge >= 0.3 is 5.97 Å². The fraction of sp³-hybridized carbons (Fsp3) is 0. The van der Waals surface area contributed by atoms with E-state index in [-0.39, 0.29) is 5.22 Å². The summed E-state index contributed by atoms with van der Waals surface area (Å²) in [5.74, 6) is -2.85. The van der Waals surface area contributed by atoms with Crippen molar-refractivity contribution in [2.45, 2.75) is 0 Å². The fourth-order valence-electron chi connectivity index (χ4n) is 1.37. The first kappa shape index (κ1) is 9.39. The second kappa shape index (κ2) is 3.20. The van der Waals surface area contributed by atoms with Crippen molar-refractivity contribution >= 4 is 23.6 Å². The van der Waals surface area contributed by atoms with Crippen molar-refractivity contribution in [1.82, 2.24) is 5.32 Å². The zero-order chi connectivity index (χ0) is 11.0. The lowest BCUT2D eigenvalue weighted by Gasteiger charge is -2.05. The maximum atomic E-state index is 12.9. The number of carboxylic acids is 1. The van der Waals surface area contributed by atoms with Gasteiger partial charge in [-0.25, -0.2) is 14.5 Å². The van der Waals surface area contributed by atoms with E-state index in [1.807, 2.05) is 0 Å². The molecule has 15 heavy (non-hydrogen) atoms. The van der Waals surface area contributed by atoms with Crippen molar-refractivity contribution in [3.05, 3.63) is 34.5 Å². The lowest BCUT2D eigenvalue weighted by Crippen LogP contribution is -2.39. The highest BCUT2D eigenvalue weighted by molar-refractivity contribution is 6.38. The number of hydrogen-bond donors (Lipinski definition) is 1. The number of carbonyl (C=O) groups is 2. The molecule has 1 aliphatic rings. The maximum Gasteiger partial charge on any atom is 0.342 e. The minimum absolute atomic E-state index is 0.0718. The van der Waals surface area contributed by atoms with E-state index >= 15 is 0 Å². The van der Waals surface area contributed by atoms with E-state index in [0.29, 0.717) is 5.22 Å². The Balaban J connectivity index is 2.93. The van der Waals surface area contributed by atoms with E-state index in [4.69, 9.17) is 5.11 Å². The van der Waals surface area contributed by atoms with Gasteiger partial charge in [-0.1, -0.05) is 0 Å². The quantitative estimate of drug-likeness (QED) is 0.637. The third kappa shape index (κ3) is 1.48. The average molecular weight is 206 g/mol. The highest BCUT2D eigenvalue weighted by Gasteiger charge is 2.21. The van der Waals surface area contributed by atoms with Gasteiger partial charge in [-0.2, -0.15) is 0 Å². The van der Waals surface area contributed by atoms with Crippen molar-refractivity contribution in [3.8, 4) is 0 Å². The molecule has 75 valence electrons. The number of carboxylic acid groups (broad SMARTS) is 1. The molecule has 1 heterocycles. The summed E-state index contributed by atoms with van der Waals surface area (Å²) in [5, 5.41) is 12.7. The highest BCUT2D eigenvalue weighted by Crippen LogP contribution is 1.98. The van der Waals surface area contributed by atoms with Gasteiger partial charge < -0.3 is 5.11 Å². The Bertz CT molecular complexity index is 577. The zero-order valence-corrected chi connectivity index (χ0v) is 7.40. The van der Waals surface area contributed by atoms with Crippen LogP contribution in [0.5, 0.6) is 0 Å².